The maximum absolute atomic E-state index is 12.3. The van der Waals surface area contributed by atoms with E-state index in [-0.39, 0.29) is 13.0 Å². The summed E-state index contributed by atoms with van der Waals surface area (Å²) in [5.74, 6) is -1.75. The molecule has 1 aromatic carbocycles. The van der Waals surface area contributed by atoms with Crippen molar-refractivity contribution in [2.45, 2.75) is 25.5 Å². The van der Waals surface area contributed by atoms with E-state index < -0.39 is 30.0 Å². The normalized spacial score (nSPS) is 12.6. The molecular formula is C17H20BrNO5. The first-order valence-corrected chi connectivity index (χ1v) is 8.55. The predicted octanol–water partition coefficient (Wildman–Crippen LogP) is 2.29. The Morgan fingerprint density at radius 2 is 1.96 bits per heavy atom. The molecule has 1 aromatic rings. The van der Waals surface area contributed by atoms with E-state index in [1.807, 2.05) is 0 Å². The molecule has 1 rings (SSSR count). The summed E-state index contributed by atoms with van der Waals surface area (Å²) >= 11 is 3.16. The van der Waals surface area contributed by atoms with Crippen LogP contribution in [0.2, 0.25) is 0 Å². The quantitative estimate of drug-likeness (QED) is 0.392. The molecule has 1 amide bonds. The SMILES string of the molecule is C=CC(=O)N[C@H](C(=O)OCC)[C@@H](OC(=O)CCBr)c1ccccc1. The molecule has 0 spiro atoms. The van der Waals surface area contributed by atoms with Gasteiger partial charge in [-0.3, -0.25) is 9.59 Å². The molecule has 0 bridgehead atoms. The van der Waals surface area contributed by atoms with Crippen molar-refractivity contribution in [3.05, 3.63) is 48.6 Å². The zero-order valence-electron chi connectivity index (χ0n) is 13.4. The summed E-state index contributed by atoms with van der Waals surface area (Å²) in [6.45, 7) is 5.15. The van der Waals surface area contributed by atoms with Crippen LogP contribution in [0.3, 0.4) is 0 Å². The van der Waals surface area contributed by atoms with Crippen molar-refractivity contribution in [1.29, 1.82) is 0 Å². The summed E-state index contributed by atoms with van der Waals surface area (Å²) in [4.78, 5) is 35.9. The van der Waals surface area contributed by atoms with Crippen LogP contribution in [0.1, 0.15) is 25.0 Å². The molecule has 1 N–H and O–H groups in total. The first-order chi connectivity index (χ1) is 11.5. The van der Waals surface area contributed by atoms with Gasteiger partial charge >= 0.3 is 11.9 Å². The Morgan fingerprint density at radius 1 is 1.29 bits per heavy atom. The van der Waals surface area contributed by atoms with Crippen LogP contribution in [-0.2, 0) is 23.9 Å². The molecule has 24 heavy (non-hydrogen) atoms. The second kappa shape index (κ2) is 10.6. The monoisotopic (exact) mass is 397 g/mol. The maximum Gasteiger partial charge on any atom is 0.332 e. The summed E-state index contributed by atoms with van der Waals surface area (Å²) in [5, 5.41) is 2.90. The van der Waals surface area contributed by atoms with Crippen LogP contribution in [0.15, 0.2) is 43.0 Å². The predicted molar refractivity (Wildman–Crippen MR) is 92.4 cm³/mol. The summed E-state index contributed by atoms with van der Waals surface area (Å²) < 4.78 is 10.4. The molecule has 0 unspecified atom stereocenters. The van der Waals surface area contributed by atoms with Gasteiger partial charge in [0, 0.05) is 5.33 Å². The van der Waals surface area contributed by atoms with E-state index in [0.29, 0.717) is 10.9 Å². The molecule has 0 aromatic heterocycles. The molecule has 6 nitrogen and oxygen atoms in total. The molecule has 2 atom stereocenters. The van der Waals surface area contributed by atoms with E-state index >= 15 is 0 Å². The fourth-order valence-corrected chi connectivity index (χ4v) is 2.28. The number of ether oxygens (including phenoxy) is 2. The molecule has 0 aliphatic carbocycles. The number of esters is 2. The van der Waals surface area contributed by atoms with Gasteiger partial charge in [-0.15, -0.1) is 0 Å². The second-order valence-electron chi connectivity index (χ2n) is 4.70. The zero-order valence-corrected chi connectivity index (χ0v) is 15.0. The van der Waals surface area contributed by atoms with E-state index in [9.17, 15) is 14.4 Å². The number of carbonyl (C=O) groups excluding carboxylic acids is 3. The van der Waals surface area contributed by atoms with Crippen molar-refractivity contribution in [3.63, 3.8) is 0 Å². The van der Waals surface area contributed by atoms with E-state index in [1.54, 1.807) is 37.3 Å². The number of hydrogen-bond donors (Lipinski definition) is 1. The summed E-state index contributed by atoms with van der Waals surface area (Å²) in [6, 6.07) is 7.53. The van der Waals surface area contributed by atoms with Crippen LogP contribution in [0.5, 0.6) is 0 Å². The Kier molecular flexibility index (Phi) is 8.78. The van der Waals surface area contributed by atoms with Gasteiger partial charge in [-0.05, 0) is 18.6 Å². The van der Waals surface area contributed by atoms with Gasteiger partial charge in [0.25, 0.3) is 0 Å². The standard InChI is InChI=1S/C17H20BrNO5/c1-3-13(20)19-15(17(22)23-4-2)16(24-14(21)10-11-18)12-8-6-5-7-9-12/h3,5-9,15-16H,1,4,10-11H2,2H3,(H,19,20)/t15-,16-/m0/s1. The maximum atomic E-state index is 12.3. The van der Waals surface area contributed by atoms with Crippen molar-refractivity contribution in [3.8, 4) is 0 Å². The number of alkyl halides is 1. The minimum Gasteiger partial charge on any atom is -0.464 e. The van der Waals surface area contributed by atoms with Crippen molar-refractivity contribution >= 4 is 33.8 Å². The first kappa shape index (κ1) is 19.9. The Morgan fingerprint density at radius 3 is 2.50 bits per heavy atom. The average molecular weight is 398 g/mol. The molecule has 7 heteroatoms. The topological polar surface area (TPSA) is 81.7 Å². The summed E-state index contributed by atoms with van der Waals surface area (Å²) in [5.41, 5.74) is 0.572. The molecule has 0 radical (unpaired) electrons. The van der Waals surface area contributed by atoms with E-state index in [4.69, 9.17) is 9.47 Å². The van der Waals surface area contributed by atoms with E-state index in [1.165, 1.54) is 0 Å². The molecule has 130 valence electrons. The molecule has 0 aliphatic heterocycles. The Hall–Kier alpha value is -2.15. The van der Waals surface area contributed by atoms with Gasteiger partial charge in [0.1, 0.15) is 0 Å². The largest absolute Gasteiger partial charge is 0.464 e. The molecule has 0 heterocycles. The average Bonchev–Trinajstić information content (AvgIpc) is 2.58. The second-order valence-corrected chi connectivity index (χ2v) is 5.50. The highest BCUT2D eigenvalue weighted by Gasteiger charge is 2.34. The third kappa shape index (κ3) is 6.16. The van der Waals surface area contributed by atoms with Crippen molar-refractivity contribution in [2.75, 3.05) is 11.9 Å². The fourth-order valence-electron chi connectivity index (χ4n) is 1.95. The van der Waals surface area contributed by atoms with Gasteiger partial charge in [0.15, 0.2) is 12.1 Å². The van der Waals surface area contributed by atoms with E-state index in [2.05, 4.69) is 27.8 Å². The third-order valence-electron chi connectivity index (χ3n) is 3.01. The number of hydrogen-bond acceptors (Lipinski definition) is 5. The highest BCUT2D eigenvalue weighted by molar-refractivity contribution is 9.09. The number of halogens is 1. The van der Waals surface area contributed by atoms with Gasteiger partial charge in [0.05, 0.1) is 13.0 Å². The van der Waals surface area contributed by atoms with Crippen LogP contribution in [-0.4, -0.2) is 35.8 Å². The number of carbonyl (C=O) groups is 3. The highest BCUT2D eigenvalue weighted by atomic mass is 79.9. The molecule has 0 saturated heterocycles. The first-order valence-electron chi connectivity index (χ1n) is 7.43. The smallest absolute Gasteiger partial charge is 0.332 e. The summed E-state index contributed by atoms with van der Waals surface area (Å²) in [6.07, 6.45) is 0.170. The van der Waals surface area contributed by atoms with Gasteiger partial charge in [-0.1, -0.05) is 52.8 Å². The number of rotatable bonds is 9. The van der Waals surface area contributed by atoms with Gasteiger partial charge < -0.3 is 14.8 Å². The van der Waals surface area contributed by atoms with Crippen molar-refractivity contribution < 1.29 is 23.9 Å². The van der Waals surface area contributed by atoms with Crippen LogP contribution in [0.4, 0.5) is 0 Å². The number of amides is 1. The van der Waals surface area contributed by atoms with Gasteiger partial charge in [-0.2, -0.15) is 0 Å². The van der Waals surface area contributed by atoms with Crippen LogP contribution >= 0.6 is 15.9 Å². The molecular weight excluding hydrogens is 378 g/mol. The van der Waals surface area contributed by atoms with E-state index in [0.717, 1.165) is 6.08 Å². The molecule has 0 fully saturated rings. The minimum atomic E-state index is -1.17. The zero-order chi connectivity index (χ0) is 17.9. The Bertz CT molecular complexity index is 576. The van der Waals surface area contributed by atoms with Gasteiger partial charge in [-0.25, -0.2) is 4.79 Å². The number of nitrogens with one attached hydrogen (secondary N) is 1. The molecule has 0 aliphatic rings. The minimum absolute atomic E-state index is 0.133. The van der Waals surface area contributed by atoms with Gasteiger partial charge in [0.2, 0.25) is 5.91 Å². The Labute approximate surface area is 149 Å². The highest BCUT2D eigenvalue weighted by Crippen LogP contribution is 2.23. The lowest BCUT2D eigenvalue weighted by Gasteiger charge is -2.26. The summed E-state index contributed by atoms with van der Waals surface area (Å²) in [7, 11) is 0. The number of benzene rings is 1. The van der Waals surface area contributed by atoms with Crippen LogP contribution in [0.25, 0.3) is 0 Å². The third-order valence-corrected chi connectivity index (χ3v) is 3.41. The lowest BCUT2D eigenvalue weighted by molar-refractivity contribution is -0.159. The fraction of sp³-hybridized carbons (Fsp3) is 0.353. The van der Waals surface area contributed by atoms with Crippen molar-refractivity contribution in [2.24, 2.45) is 0 Å². The lowest BCUT2D eigenvalue weighted by atomic mass is 10.0. The van der Waals surface area contributed by atoms with Crippen LogP contribution in [0, 0.1) is 0 Å². The lowest BCUT2D eigenvalue weighted by Crippen LogP contribution is -2.46. The Balaban J connectivity index is 3.17. The van der Waals surface area contributed by atoms with Crippen LogP contribution < -0.4 is 5.32 Å². The van der Waals surface area contributed by atoms with Crippen molar-refractivity contribution in [1.82, 2.24) is 5.32 Å². The molecule has 0 saturated carbocycles.